The quantitative estimate of drug-likeness (QED) is 0.382. The van der Waals surface area contributed by atoms with Gasteiger partial charge in [-0.15, -0.1) is 11.8 Å². The fraction of sp³-hybridized carbons (Fsp3) is 0.880. The van der Waals surface area contributed by atoms with Crippen molar-refractivity contribution in [3.05, 3.63) is 0 Å². The summed E-state index contributed by atoms with van der Waals surface area (Å²) in [6, 6.07) is 0. The maximum atomic E-state index is 12.0. The van der Waals surface area contributed by atoms with Gasteiger partial charge in [0.25, 0.3) is 0 Å². The van der Waals surface area contributed by atoms with E-state index in [1.807, 2.05) is 13.8 Å². The van der Waals surface area contributed by atoms with E-state index >= 15 is 0 Å². The summed E-state index contributed by atoms with van der Waals surface area (Å²) in [5.41, 5.74) is -0.0414. The summed E-state index contributed by atoms with van der Waals surface area (Å²) in [5, 5.41) is 2.36. The number of ether oxygens (including phenoxy) is 2. The minimum atomic E-state index is -0.233. The van der Waals surface area contributed by atoms with E-state index in [9.17, 15) is 14.4 Å². The van der Waals surface area contributed by atoms with Crippen molar-refractivity contribution in [3.63, 3.8) is 0 Å². The molecule has 0 aromatic rings. The monoisotopic (exact) mass is 490 g/mol. The van der Waals surface area contributed by atoms with Crippen LogP contribution in [0.15, 0.2) is 0 Å². The number of likely N-dealkylation sites (tertiary alicyclic amines) is 1. The van der Waals surface area contributed by atoms with Crippen LogP contribution in [0.5, 0.6) is 0 Å². The molecule has 0 aliphatic carbocycles. The van der Waals surface area contributed by atoms with Crippen LogP contribution in [0.3, 0.4) is 0 Å². The first kappa shape index (κ1) is 34.0. The number of methoxy groups -OCH3 is 1. The number of rotatable bonds is 13. The highest BCUT2D eigenvalue weighted by Gasteiger charge is 2.38. The van der Waals surface area contributed by atoms with Gasteiger partial charge in [0.2, 0.25) is 17.7 Å². The summed E-state index contributed by atoms with van der Waals surface area (Å²) >= 11 is 1.57. The van der Waals surface area contributed by atoms with Gasteiger partial charge in [0.1, 0.15) is 0 Å². The average Bonchev–Trinajstić information content (AvgIpc) is 3.00. The number of amides is 3. The molecule has 0 aromatic heterocycles. The van der Waals surface area contributed by atoms with Crippen molar-refractivity contribution in [1.29, 1.82) is 0 Å². The Bertz CT molecular complexity index is 553. The molecule has 1 fully saturated rings. The Labute approximate surface area is 207 Å². The molecule has 1 atom stereocenters. The molecule has 0 spiro atoms. The summed E-state index contributed by atoms with van der Waals surface area (Å²) in [6.07, 6.45) is 2.30. The van der Waals surface area contributed by atoms with E-state index in [1.54, 1.807) is 18.9 Å². The van der Waals surface area contributed by atoms with Crippen LogP contribution in [-0.4, -0.2) is 72.6 Å². The second-order valence-corrected chi connectivity index (χ2v) is 10.6. The maximum absolute atomic E-state index is 12.0. The zero-order chi connectivity index (χ0) is 26.0. The average molecular weight is 491 g/mol. The Balaban J connectivity index is 0. The molecule has 1 aliphatic heterocycles. The molecule has 7 nitrogen and oxygen atoms in total. The molecule has 0 bridgehead atoms. The van der Waals surface area contributed by atoms with Gasteiger partial charge < -0.3 is 14.8 Å². The third kappa shape index (κ3) is 17.9. The van der Waals surface area contributed by atoms with Crippen LogP contribution in [0.2, 0.25) is 0 Å². The van der Waals surface area contributed by atoms with Gasteiger partial charge in [-0.05, 0) is 44.3 Å². The molecule has 0 aromatic carbocycles. The van der Waals surface area contributed by atoms with Gasteiger partial charge in [0.05, 0.1) is 10.9 Å². The Kier molecular flexibility index (Phi) is 19.8. The highest BCUT2D eigenvalue weighted by atomic mass is 32.2. The fourth-order valence-corrected chi connectivity index (χ4v) is 4.04. The number of carbonyl (C=O) groups excluding carboxylic acids is 3. The summed E-state index contributed by atoms with van der Waals surface area (Å²) in [6.45, 7) is 20.4. The lowest BCUT2D eigenvalue weighted by Crippen LogP contribution is -2.38. The molecule has 1 saturated heterocycles. The summed E-state index contributed by atoms with van der Waals surface area (Å²) < 4.78 is 10.7. The van der Waals surface area contributed by atoms with Crippen LogP contribution < -0.4 is 5.32 Å². The van der Waals surface area contributed by atoms with Gasteiger partial charge in [-0.2, -0.15) is 0 Å². The molecule has 196 valence electrons. The van der Waals surface area contributed by atoms with Crippen LogP contribution in [0, 0.1) is 11.8 Å². The zero-order valence-corrected chi connectivity index (χ0v) is 23.6. The van der Waals surface area contributed by atoms with Crippen LogP contribution in [-0.2, 0) is 23.9 Å². The lowest BCUT2D eigenvalue weighted by atomic mass is 10.1. The number of nitrogens with one attached hydrogen (secondary N) is 1. The molecule has 1 aliphatic rings. The molecule has 0 saturated carbocycles. The number of hydrogen-bond acceptors (Lipinski definition) is 6. The molecular weight excluding hydrogens is 440 g/mol. The molecule has 33 heavy (non-hydrogen) atoms. The van der Waals surface area contributed by atoms with E-state index in [-0.39, 0.29) is 35.1 Å². The van der Waals surface area contributed by atoms with Crippen molar-refractivity contribution in [2.75, 3.05) is 39.2 Å². The second kappa shape index (κ2) is 19.2. The summed E-state index contributed by atoms with van der Waals surface area (Å²) in [7, 11) is 1.72. The Hall–Kier alpha value is -1.12. The van der Waals surface area contributed by atoms with E-state index in [0.717, 1.165) is 31.8 Å². The van der Waals surface area contributed by atoms with Gasteiger partial charge >= 0.3 is 0 Å². The smallest absolute Gasteiger partial charge is 0.242 e. The van der Waals surface area contributed by atoms with E-state index in [0.29, 0.717) is 24.8 Å². The normalized spacial score (nSPS) is 15.9. The van der Waals surface area contributed by atoms with E-state index in [4.69, 9.17) is 9.47 Å². The minimum absolute atomic E-state index is 0.0414. The van der Waals surface area contributed by atoms with Crippen molar-refractivity contribution in [2.45, 2.75) is 92.4 Å². The number of thioether (sulfide) groups is 1. The molecule has 8 heteroatoms. The molecular formula is C25H50N2O5S. The summed E-state index contributed by atoms with van der Waals surface area (Å²) in [4.78, 5) is 35.8. The number of imide groups is 1. The van der Waals surface area contributed by atoms with E-state index in [2.05, 4.69) is 46.9 Å². The maximum Gasteiger partial charge on any atom is 0.242 e. The number of carbonyl (C=O) groups is 3. The zero-order valence-electron chi connectivity index (χ0n) is 22.8. The first-order valence-corrected chi connectivity index (χ1v) is 13.3. The molecule has 0 radical (unpaired) electrons. The highest BCUT2D eigenvalue weighted by Crippen LogP contribution is 2.26. The lowest BCUT2D eigenvalue weighted by Gasteiger charge is -2.26. The predicted octanol–water partition coefficient (Wildman–Crippen LogP) is 4.53. The van der Waals surface area contributed by atoms with Gasteiger partial charge in [0.15, 0.2) is 0 Å². The fourth-order valence-electron chi connectivity index (χ4n) is 2.62. The second-order valence-electron chi connectivity index (χ2n) is 9.32. The van der Waals surface area contributed by atoms with Gasteiger partial charge in [-0.25, -0.2) is 0 Å². The van der Waals surface area contributed by atoms with Crippen molar-refractivity contribution in [1.82, 2.24) is 10.2 Å². The van der Waals surface area contributed by atoms with Crippen LogP contribution in [0.25, 0.3) is 0 Å². The third-order valence-electron chi connectivity index (χ3n) is 4.64. The molecule has 3 amide bonds. The van der Waals surface area contributed by atoms with Gasteiger partial charge in [0, 0.05) is 46.8 Å². The van der Waals surface area contributed by atoms with Crippen molar-refractivity contribution >= 4 is 29.5 Å². The number of nitrogens with zero attached hydrogens (tertiary/aromatic N) is 1. The van der Waals surface area contributed by atoms with E-state index < -0.39 is 0 Å². The highest BCUT2D eigenvalue weighted by molar-refractivity contribution is 8.00. The van der Waals surface area contributed by atoms with E-state index in [1.165, 1.54) is 11.8 Å². The molecule has 1 N–H and O–H groups in total. The first-order valence-electron chi connectivity index (χ1n) is 12.2. The van der Waals surface area contributed by atoms with Crippen molar-refractivity contribution in [3.8, 4) is 0 Å². The topological polar surface area (TPSA) is 84.9 Å². The standard InChI is InChI=1S/C13H22N2O3S.C10H22O2.C2H6/c1-9(2)4-7-19-11-8-12(17)15(13(11)18)6-5-14-10(3)16;1-9(2)8-12-10(3,4)6-7-11-5;1-2/h9,11H,4-8H2,1-3H3,(H,14,16);9H,6-8H2,1-5H3;1-2H3. The molecule has 1 rings (SSSR count). The van der Waals surface area contributed by atoms with Crippen molar-refractivity contribution < 1.29 is 23.9 Å². The molecule has 1 heterocycles. The SMILES string of the molecule is CC.CC(=O)NCCN1C(=O)CC(SCCC(C)C)C1=O.COCCC(C)(C)OCC(C)C. The largest absolute Gasteiger partial charge is 0.385 e. The predicted molar refractivity (Wildman–Crippen MR) is 138 cm³/mol. The van der Waals surface area contributed by atoms with Crippen LogP contribution >= 0.6 is 11.8 Å². The number of hydrogen-bond donors (Lipinski definition) is 1. The van der Waals surface area contributed by atoms with Crippen molar-refractivity contribution in [2.24, 2.45) is 11.8 Å². The van der Waals surface area contributed by atoms with Crippen LogP contribution in [0.4, 0.5) is 0 Å². The minimum Gasteiger partial charge on any atom is -0.385 e. The van der Waals surface area contributed by atoms with Crippen LogP contribution in [0.1, 0.15) is 81.6 Å². The third-order valence-corrected chi connectivity index (χ3v) is 5.88. The summed E-state index contributed by atoms with van der Waals surface area (Å²) in [5.74, 6) is 1.73. The van der Waals surface area contributed by atoms with Gasteiger partial charge in [-0.3, -0.25) is 19.3 Å². The Morgan fingerprint density at radius 2 is 1.79 bits per heavy atom. The Morgan fingerprint density at radius 1 is 1.18 bits per heavy atom. The molecule has 1 unspecified atom stereocenters. The lowest BCUT2D eigenvalue weighted by molar-refractivity contribution is -0.138. The first-order chi connectivity index (χ1) is 15.4. The Morgan fingerprint density at radius 3 is 2.27 bits per heavy atom. The van der Waals surface area contributed by atoms with Gasteiger partial charge in [-0.1, -0.05) is 41.5 Å².